The second-order valence-electron chi connectivity index (χ2n) is 5.73. The van der Waals surface area contributed by atoms with Crippen LogP contribution < -0.4 is 20.1 Å². The van der Waals surface area contributed by atoms with Crippen molar-refractivity contribution in [3.05, 3.63) is 40.3 Å². The summed E-state index contributed by atoms with van der Waals surface area (Å²) in [5.41, 5.74) is 1.39. The van der Waals surface area contributed by atoms with Crippen molar-refractivity contribution in [3.63, 3.8) is 0 Å². The molecule has 2 N–H and O–H groups in total. The zero-order chi connectivity index (χ0) is 20.0. The van der Waals surface area contributed by atoms with E-state index in [1.165, 1.54) is 18.4 Å². The van der Waals surface area contributed by atoms with Crippen molar-refractivity contribution in [2.45, 2.75) is 26.3 Å². The molecule has 1 aromatic heterocycles. The van der Waals surface area contributed by atoms with Crippen LogP contribution in [0.5, 0.6) is 11.5 Å². The molecule has 6 nitrogen and oxygen atoms in total. The average molecular weight is 409 g/mol. The lowest BCUT2D eigenvalue weighted by Gasteiger charge is -2.20. The largest absolute Gasteiger partial charge is 0.497 e. The fraction of sp³-hybridized carbons (Fsp3) is 0.368. The summed E-state index contributed by atoms with van der Waals surface area (Å²) in [5, 5.41) is 7.41. The number of nitrogens with one attached hydrogen (secondary N) is 2. The first-order chi connectivity index (χ1) is 12.9. The fourth-order valence-corrected chi connectivity index (χ4v) is 3.89. The highest BCUT2D eigenvalue weighted by Gasteiger charge is 2.19. The van der Waals surface area contributed by atoms with E-state index in [1.807, 2.05) is 38.1 Å². The second kappa shape index (κ2) is 9.57. The van der Waals surface area contributed by atoms with Crippen molar-refractivity contribution in [1.29, 1.82) is 0 Å². The van der Waals surface area contributed by atoms with Gasteiger partial charge in [0.05, 0.1) is 32.9 Å². The Morgan fingerprint density at radius 3 is 2.56 bits per heavy atom. The van der Waals surface area contributed by atoms with E-state index in [0.29, 0.717) is 15.7 Å². The van der Waals surface area contributed by atoms with E-state index in [0.717, 1.165) is 28.4 Å². The highest BCUT2D eigenvalue weighted by atomic mass is 32.1. The molecule has 0 aliphatic heterocycles. The van der Waals surface area contributed by atoms with Crippen molar-refractivity contribution in [2.24, 2.45) is 0 Å². The van der Waals surface area contributed by atoms with Gasteiger partial charge < -0.3 is 24.8 Å². The number of carbonyl (C=O) groups is 1. The number of thiophene rings is 1. The molecule has 2 rings (SSSR count). The molecule has 0 bridgehead atoms. The Balaban J connectivity index is 2.16. The quantitative estimate of drug-likeness (QED) is 0.526. The highest BCUT2D eigenvalue weighted by Crippen LogP contribution is 2.31. The van der Waals surface area contributed by atoms with Crippen molar-refractivity contribution < 1.29 is 19.0 Å². The smallest absolute Gasteiger partial charge is 0.340 e. The number of benzene rings is 1. The van der Waals surface area contributed by atoms with Crippen LogP contribution in [0.15, 0.2) is 24.3 Å². The molecule has 1 aromatic carbocycles. The van der Waals surface area contributed by atoms with E-state index < -0.39 is 5.97 Å². The third kappa shape index (κ3) is 5.11. The molecule has 1 heterocycles. The van der Waals surface area contributed by atoms with E-state index in [-0.39, 0.29) is 6.04 Å². The number of ether oxygens (including phenoxy) is 3. The van der Waals surface area contributed by atoms with Crippen LogP contribution in [0.1, 0.15) is 40.7 Å². The van der Waals surface area contributed by atoms with Gasteiger partial charge in [-0.2, -0.15) is 0 Å². The molecule has 0 fully saturated rings. The summed E-state index contributed by atoms with van der Waals surface area (Å²) in [6, 6.07) is 7.29. The predicted molar refractivity (Wildman–Crippen MR) is 112 cm³/mol. The Morgan fingerprint density at radius 2 is 1.96 bits per heavy atom. The van der Waals surface area contributed by atoms with Gasteiger partial charge in [0.15, 0.2) is 5.11 Å². The molecule has 0 spiro atoms. The van der Waals surface area contributed by atoms with Gasteiger partial charge in [-0.15, -0.1) is 11.3 Å². The van der Waals surface area contributed by atoms with Crippen LogP contribution in [-0.4, -0.2) is 32.4 Å². The molecule has 0 saturated carbocycles. The van der Waals surface area contributed by atoms with Crippen molar-refractivity contribution >= 4 is 39.6 Å². The molecule has 27 heavy (non-hydrogen) atoms. The number of hydrogen-bond acceptors (Lipinski definition) is 6. The normalized spacial score (nSPS) is 11.4. The van der Waals surface area contributed by atoms with Crippen LogP contribution >= 0.6 is 23.6 Å². The molecule has 8 heteroatoms. The van der Waals surface area contributed by atoms with Crippen LogP contribution in [-0.2, 0) is 11.2 Å². The predicted octanol–water partition coefficient (Wildman–Crippen LogP) is 4.16. The Hall–Kier alpha value is -2.32. The monoisotopic (exact) mass is 408 g/mol. The number of carbonyl (C=O) groups excluding carboxylic acids is 1. The third-order valence-electron chi connectivity index (χ3n) is 4.01. The minimum atomic E-state index is -0.390. The van der Waals surface area contributed by atoms with E-state index in [1.54, 1.807) is 14.2 Å². The van der Waals surface area contributed by atoms with Crippen molar-refractivity contribution in [1.82, 2.24) is 5.32 Å². The first-order valence-corrected chi connectivity index (χ1v) is 9.66. The Labute approximate surface area is 168 Å². The van der Waals surface area contributed by atoms with Crippen LogP contribution in [0.3, 0.4) is 0 Å². The third-order valence-corrected chi connectivity index (χ3v) is 5.43. The maximum atomic E-state index is 12.0. The van der Waals surface area contributed by atoms with Gasteiger partial charge in [0.2, 0.25) is 0 Å². The number of aryl methyl sites for hydroxylation is 1. The minimum Gasteiger partial charge on any atom is -0.497 e. The summed E-state index contributed by atoms with van der Waals surface area (Å²) in [6.07, 6.45) is 0.827. The Morgan fingerprint density at radius 1 is 1.22 bits per heavy atom. The molecular weight excluding hydrogens is 384 g/mol. The van der Waals surface area contributed by atoms with Gasteiger partial charge in [0.1, 0.15) is 16.5 Å². The van der Waals surface area contributed by atoms with Gasteiger partial charge in [0, 0.05) is 10.4 Å². The second-order valence-corrected chi connectivity index (χ2v) is 7.27. The lowest BCUT2D eigenvalue weighted by molar-refractivity contribution is 0.0602. The van der Waals surface area contributed by atoms with Crippen LogP contribution in [0.2, 0.25) is 0 Å². The molecule has 0 amide bonds. The van der Waals surface area contributed by atoms with E-state index >= 15 is 0 Å². The molecule has 0 aliphatic rings. The fourth-order valence-electron chi connectivity index (χ4n) is 2.56. The van der Waals surface area contributed by atoms with Gasteiger partial charge in [-0.25, -0.2) is 4.79 Å². The number of anilines is 1. The lowest BCUT2D eigenvalue weighted by Crippen LogP contribution is -2.31. The molecule has 0 radical (unpaired) electrons. The summed E-state index contributed by atoms with van der Waals surface area (Å²) in [4.78, 5) is 13.1. The Kier molecular flexibility index (Phi) is 7.44. The van der Waals surface area contributed by atoms with Gasteiger partial charge in [-0.1, -0.05) is 6.92 Å². The van der Waals surface area contributed by atoms with Crippen LogP contribution in [0.25, 0.3) is 0 Å². The van der Waals surface area contributed by atoms with Crippen LogP contribution in [0, 0.1) is 0 Å². The standard InChI is InChI=1S/C19H24N2O4S2/c1-6-13-10-15(18(22)25-5)17(27-13)21-19(26)20-11(2)14-9-12(23-3)7-8-16(14)24-4/h7-11H,6H2,1-5H3,(H2,20,21,26). The lowest BCUT2D eigenvalue weighted by atomic mass is 10.1. The number of methoxy groups -OCH3 is 3. The molecule has 1 unspecified atom stereocenters. The zero-order valence-electron chi connectivity index (χ0n) is 16.0. The number of hydrogen-bond donors (Lipinski definition) is 2. The van der Waals surface area contributed by atoms with E-state index in [4.69, 9.17) is 26.4 Å². The summed E-state index contributed by atoms with van der Waals surface area (Å²) in [7, 11) is 4.60. The SMILES string of the molecule is CCc1cc(C(=O)OC)c(NC(=S)NC(C)c2cc(OC)ccc2OC)s1. The molecule has 2 aromatic rings. The molecule has 1 atom stereocenters. The number of thiocarbonyl (C=S) groups is 1. The van der Waals surface area contributed by atoms with Crippen LogP contribution in [0.4, 0.5) is 5.00 Å². The molecular formula is C19H24N2O4S2. The Bertz CT molecular complexity index is 820. The van der Waals surface area contributed by atoms with Gasteiger partial charge >= 0.3 is 5.97 Å². The first-order valence-electron chi connectivity index (χ1n) is 8.43. The maximum absolute atomic E-state index is 12.0. The van der Waals surface area contributed by atoms with Crippen molar-refractivity contribution in [2.75, 3.05) is 26.6 Å². The topological polar surface area (TPSA) is 68.8 Å². The maximum Gasteiger partial charge on any atom is 0.340 e. The van der Waals surface area contributed by atoms with E-state index in [2.05, 4.69) is 10.6 Å². The summed E-state index contributed by atoms with van der Waals surface area (Å²) in [5.74, 6) is 1.08. The van der Waals surface area contributed by atoms with Crippen molar-refractivity contribution in [3.8, 4) is 11.5 Å². The summed E-state index contributed by atoms with van der Waals surface area (Å²) in [6.45, 7) is 4.00. The highest BCUT2D eigenvalue weighted by molar-refractivity contribution is 7.80. The molecule has 0 saturated heterocycles. The average Bonchev–Trinajstić information content (AvgIpc) is 3.09. The number of esters is 1. The number of rotatable bonds is 7. The molecule has 146 valence electrons. The zero-order valence-corrected chi connectivity index (χ0v) is 17.7. The van der Waals surface area contributed by atoms with Gasteiger partial charge in [-0.05, 0) is 49.8 Å². The minimum absolute atomic E-state index is 0.137. The van der Waals surface area contributed by atoms with Gasteiger partial charge in [-0.3, -0.25) is 0 Å². The summed E-state index contributed by atoms with van der Waals surface area (Å²) < 4.78 is 15.6. The van der Waals surface area contributed by atoms with Gasteiger partial charge in [0.25, 0.3) is 0 Å². The molecule has 0 aliphatic carbocycles. The first kappa shape index (κ1) is 21.0. The summed E-state index contributed by atoms with van der Waals surface area (Å²) >= 11 is 6.93. The van der Waals surface area contributed by atoms with E-state index in [9.17, 15) is 4.79 Å².